The molecule has 0 spiro atoms. The SMILES string of the molecule is CCNc1ncc(COC2CCCCCC2)s1. The predicted molar refractivity (Wildman–Crippen MR) is 72.6 cm³/mol. The number of rotatable bonds is 5. The van der Waals surface area contributed by atoms with Gasteiger partial charge in [-0.1, -0.05) is 37.0 Å². The molecule has 1 N–H and O–H groups in total. The Kier molecular flexibility index (Phi) is 5.26. The fourth-order valence-corrected chi connectivity index (χ4v) is 3.02. The van der Waals surface area contributed by atoms with Gasteiger partial charge in [-0.15, -0.1) is 0 Å². The van der Waals surface area contributed by atoms with E-state index in [0.29, 0.717) is 6.10 Å². The van der Waals surface area contributed by atoms with Crippen LogP contribution in [0.1, 0.15) is 50.3 Å². The molecular formula is C13H22N2OS. The number of anilines is 1. The first-order valence-corrected chi connectivity index (χ1v) is 7.50. The Bertz CT molecular complexity index is 319. The number of nitrogens with one attached hydrogen (secondary N) is 1. The molecule has 0 radical (unpaired) electrons. The van der Waals surface area contributed by atoms with Crippen molar-refractivity contribution in [3.8, 4) is 0 Å². The molecule has 1 saturated carbocycles. The molecule has 0 aromatic carbocycles. The van der Waals surface area contributed by atoms with E-state index in [1.54, 1.807) is 11.3 Å². The molecule has 96 valence electrons. The summed E-state index contributed by atoms with van der Waals surface area (Å²) in [6, 6.07) is 0. The van der Waals surface area contributed by atoms with Crippen LogP contribution in [0.25, 0.3) is 0 Å². The van der Waals surface area contributed by atoms with Gasteiger partial charge in [-0.05, 0) is 19.8 Å². The maximum atomic E-state index is 5.98. The third-order valence-electron chi connectivity index (χ3n) is 3.15. The number of thiazole rings is 1. The molecule has 0 atom stereocenters. The quantitative estimate of drug-likeness (QED) is 0.811. The van der Waals surface area contributed by atoms with Crippen LogP contribution in [0.2, 0.25) is 0 Å². The van der Waals surface area contributed by atoms with Gasteiger partial charge in [0.2, 0.25) is 0 Å². The van der Waals surface area contributed by atoms with Crippen LogP contribution >= 0.6 is 11.3 Å². The van der Waals surface area contributed by atoms with Crippen molar-refractivity contribution in [1.82, 2.24) is 4.98 Å². The molecule has 17 heavy (non-hydrogen) atoms. The van der Waals surface area contributed by atoms with E-state index < -0.39 is 0 Å². The number of aromatic nitrogens is 1. The highest BCUT2D eigenvalue weighted by Gasteiger charge is 2.13. The summed E-state index contributed by atoms with van der Waals surface area (Å²) in [5.41, 5.74) is 0. The molecular weight excluding hydrogens is 232 g/mol. The lowest BCUT2D eigenvalue weighted by Crippen LogP contribution is -2.10. The van der Waals surface area contributed by atoms with Crippen LogP contribution in [-0.4, -0.2) is 17.6 Å². The van der Waals surface area contributed by atoms with Crippen molar-refractivity contribution in [2.75, 3.05) is 11.9 Å². The second-order valence-electron chi connectivity index (χ2n) is 4.59. The molecule has 3 nitrogen and oxygen atoms in total. The van der Waals surface area contributed by atoms with E-state index >= 15 is 0 Å². The summed E-state index contributed by atoms with van der Waals surface area (Å²) in [5, 5.41) is 4.23. The van der Waals surface area contributed by atoms with Crippen LogP contribution in [0, 0.1) is 0 Å². The van der Waals surface area contributed by atoms with Gasteiger partial charge in [-0.2, -0.15) is 0 Å². The molecule has 1 heterocycles. The molecule has 1 aliphatic rings. The number of ether oxygens (including phenoxy) is 1. The van der Waals surface area contributed by atoms with Crippen molar-refractivity contribution in [3.63, 3.8) is 0 Å². The molecule has 4 heteroatoms. The molecule has 1 aromatic heterocycles. The van der Waals surface area contributed by atoms with Gasteiger partial charge in [0.05, 0.1) is 17.6 Å². The van der Waals surface area contributed by atoms with Gasteiger partial charge in [-0.25, -0.2) is 4.98 Å². The highest BCUT2D eigenvalue weighted by molar-refractivity contribution is 7.15. The van der Waals surface area contributed by atoms with E-state index in [1.807, 2.05) is 6.20 Å². The third kappa shape index (κ3) is 4.28. The topological polar surface area (TPSA) is 34.2 Å². The minimum atomic E-state index is 0.474. The summed E-state index contributed by atoms with van der Waals surface area (Å²) in [7, 11) is 0. The van der Waals surface area contributed by atoms with E-state index in [-0.39, 0.29) is 0 Å². The molecule has 0 saturated heterocycles. The highest BCUT2D eigenvalue weighted by atomic mass is 32.1. The number of nitrogens with zero attached hydrogens (tertiary/aromatic N) is 1. The van der Waals surface area contributed by atoms with Crippen LogP contribution in [0.4, 0.5) is 5.13 Å². The first-order chi connectivity index (χ1) is 8.38. The lowest BCUT2D eigenvalue weighted by Gasteiger charge is -2.14. The first kappa shape index (κ1) is 12.8. The van der Waals surface area contributed by atoms with E-state index in [9.17, 15) is 0 Å². The number of hydrogen-bond acceptors (Lipinski definition) is 4. The molecule has 2 rings (SSSR count). The maximum Gasteiger partial charge on any atom is 0.182 e. The van der Waals surface area contributed by atoms with Crippen LogP contribution in [0.15, 0.2) is 6.20 Å². The normalized spacial score (nSPS) is 17.9. The zero-order valence-electron chi connectivity index (χ0n) is 10.6. The van der Waals surface area contributed by atoms with Gasteiger partial charge in [0, 0.05) is 12.7 Å². The van der Waals surface area contributed by atoms with Crippen molar-refractivity contribution in [3.05, 3.63) is 11.1 Å². The second kappa shape index (κ2) is 6.97. The average molecular weight is 254 g/mol. The molecule has 1 fully saturated rings. The Balaban J connectivity index is 1.75. The molecule has 1 aliphatic carbocycles. The lowest BCUT2D eigenvalue weighted by molar-refractivity contribution is 0.0324. The minimum Gasteiger partial charge on any atom is -0.373 e. The number of hydrogen-bond donors (Lipinski definition) is 1. The van der Waals surface area contributed by atoms with Crippen molar-refractivity contribution in [2.24, 2.45) is 0 Å². The van der Waals surface area contributed by atoms with Crippen molar-refractivity contribution < 1.29 is 4.74 Å². The lowest BCUT2D eigenvalue weighted by atomic mass is 10.1. The Morgan fingerprint density at radius 2 is 2.12 bits per heavy atom. The van der Waals surface area contributed by atoms with Crippen LogP contribution < -0.4 is 5.32 Å². The third-order valence-corrected chi connectivity index (χ3v) is 4.07. The van der Waals surface area contributed by atoms with Gasteiger partial charge in [-0.3, -0.25) is 0 Å². The molecule has 1 aromatic rings. The summed E-state index contributed by atoms with van der Waals surface area (Å²) in [5.74, 6) is 0. The summed E-state index contributed by atoms with van der Waals surface area (Å²) >= 11 is 1.70. The Labute approximate surface area is 108 Å². The Morgan fingerprint density at radius 1 is 1.35 bits per heavy atom. The first-order valence-electron chi connectivity index (χ1n) is 6.68. The van der Waals surface area contributed by atoms with Gasteiger partial charge < -0.3 is 10.1 Å². The molecule has 0 amide bonds. The van der Waals surface area contributed by atoms with Gasteiger partial charge in [0.1, 0.15) is 0 Å². The smallest absolute Gasteiger partial charge is 0.182 e. The zero-order valence-corrected chi connectivity index (χ0v) is 11.4. The van der Waals surface area contributed by atoms with Crippen molar-refractivity contribution >= 4 is 16.5 Å². The molecule has 0 bridgehead atoms. The van der Waals surface area contributed by atoms with Crippen LogP contribution in [0.5, 0.6) is 0 Å². The fourth-order valence-electron chi connectivity index (χ4n) is 2.22. The zero-order chi connectivity index (χ0) is 11.9. The summed E-state index contributed by atoms with van der Waals surface area (Å²) in [4.78, 5) is 5.54. The van der Waals surface area contributed by atoms with Crippen molar-refractivity contribution in [2.45, 2.75) is 58.2 Å². The molecule has 0 unspecified atom stereocenters. The predicted octanol–water partition coefficient (Wildman–Crippen LogP) is 3.81. The van der Waals surface area contributed by atoms with Gasteiger partial charge >= 0.3 is 0 Å². The summed E-state index contributed by atoms with van der Waals surface area (Å²) in [6.07, 6.45) is 10.3. The van der Waals surface area contributed by atoms with Gasteiger partial charge in [0.25, 0.3) is 0 Å². The van der Waals surface area contributed by atoms with Gasteiger partial charge in [0.15, 0.2) is 5.13 Å². The standard InChI is InChI=1S/C13H22N2OS/c1-2-14-13-15-9-12(17-13)10-16-11-7-5-3-4-6-8-11/h9,11H,2-8,10H2,1H3,(H,14,15). The van der Waals surface area contributed by atoms with Crippen molar-refractivity contribution in [1.29, 1.82) is 0 Å². The van der Waals surface area contributed by atoms with E-state index in [4.69, 9.17) is 4.74 Å². The summed E-state index contributed by atoms with van der Waals surface area (Å²) in [6.45, 7) is 3.74. The second-order valence-corrected chi connectivity index (χ2v) is 5.70. The average Bonchev–Trinajstić information content (AvgIpc) is 2.63. The molecule has 0 aliphatic heterocycles. The summed E-state index contributed by atoms with van der Waals surface area (Å²) < 4.78 is 5.98. The largest absolute Gasteiger partial charge is 0.373 e. The fraction of sp³-hybridized carbons (Fsp3) is 0.769. The Morgan fingerprint density at radius 3 is 2.82 bits per heavy atom. The van der Waals surface area contributed by atoms with E-state index in [0.717, 1.165) is 18.3 Å². The van der Waals surface area contributed by atoms with Crippen LogP contribution in [-0.2, 0) is 11.3 Å². The van der Waals surface area contributed by atoms with Crippen LogP contribution in [0.3, 0.4) is 0 Å². The van der Waals surface area contributed by atoms with E-state index in [1.165, 1.54) is 43.4 Å². The van der Waals surface area contributed by atoms with E-state index in [2.05, 4.69) is 17.2 Å². The Hall–Kier alpha value is -0.610. The highest BCUT2D eigenvalue weighted by Crippen LogP contribution is 2.23. The maximum absolute atomic E-state index is 5.98. The monoisotopic (exact) mass is 254 g/mol. The minimum absolute atomic E-state index is 0.474.